The van der Waals surface area contributed by atoms with Crippen molar-refractivity contribution in [3.8, 4) is 0 Å². The summed E-state index contributed by atoms with van der Waals surface area (Å²) in [5.74, 6) is 0. The molecule has 100 valence electrons. The molecule has 1 fully saturated rings. The normalized spacial score (nSPS) is 23.6. The lowest BCUT2D eigenvalue weighted by Gasteiger charge is -2.18. The molecule has 2 nitrogen and oxygen atoms in total. The number of hydrogen-bond acceptors (Lipinski definition) is 2. The van der Waals surface area contributed by atoms with Crippen molar-refractivity contribution < 1.29 is 0 Å². The first-order valence-corrected chi connectivity index (χ1v) is 7.13. The molecule has 18 heavy (non-hydrogen) atoms. The van der Waals surface area contributed by atoms with Crippen LogP contribution in [0.2, 0.25) is 0 Å². The summed E-state index contributed by atoms with van der Waals surface area (Å²) >= 11 is 0. The fourth-order valence-corrected chi connectivity index (χ4v) is 2.92. The second-order valence-electron chi connectivity index (χ2n) is 5.77. The summed E-state index contributed by atoms with van der Waals surface area (Å²) in [6, 6.07) is 5.54. The molecule has 2 atom stereocenters. The molecular formula is C16H26N2. The number of benzene rings is 1. The van der Waals surface area contributed by atoms with Crippen molar-refractivity contribution in [1.82, 2.24) is 5.32 Å². The molecule has 3 N–H and O–H groups in total. The first-order valence-electron chi connectivity index (χ1n) is 7.13. The predicted molar refractivity (Wildman–Crippen MR) is 78.0 cm³/mol. The van der Waals surface area contributed by atoms with Crippen LogP contribution in [0, 0.1) is 20.8 Å². The molecule has 1 aliphatic rings. The van der Waals surface area contributed by atoms with E-state index in [2.05, 4.69) is 38.2 Å². The SMILES string of the molecule is Cc1cc(C)c(CCNC2CCCC2N)cc1C. The Balaban J connectivity index is 1.88. The summed E-state index contributed by atoms with van der Waals surface area (Å²) in [6.07, 6.45) is 4.81. The van der Waals surface area contributed by atoms with E-state index in [1.807, 2.05) is 0 Å². The summed E-state index contributed by atoms with van der Waals surface area (Å²) in [4.78, 5) is 0. The van der Waals surface area contributed by atoms with Crippen LogP contribution in [0.4, 0.5) is 0 Å². The Hall–Kier alpha value is -0.860. The van der Waals surface area contributed by atoms with Gasteiger partial charge in [-0.15, -0.1) is 0 Å². The first-order chi connectivity index (χ1) is 8.58. The molecule has 1 aromatic carbocycles. The standard InChI is InChI=1S/C16H26N2/c1-11-9-13(3)14(10-12(11)2)7-8-18-16-6-4-5-15(16)17/h9-10,15-16,18H,4-8,17H2,1-3H3. The van der Waals surface area contributed by atoms with Crippen molar-refractivity contribution in [2.45, 2.75) is 58.5 Å². The highest BCUT2D eigenvalue weighted by Crippen LogP contribution is 2.18. The van der Waals surface area contributed by atoms with Gasteiger partial charge in [0, 0.05) is 12.1 Å². The second-order valence-corrected chi connectivity index (χ2v) is 5.77. The van der Waals surface area contributed by atoms with Gasteiger partial charge in [0.15, 0.2) is 0 Å². The molecule has 0 saturated heterocycles. The number of rotatable bonds is 4. The van der Waals surface area contributed by atoms with Crippen LogP contribution in [-0.2, 0) is 6.42 Å². The lowest BCUT2D eigenvalue weighted by molar-refractivity contribution is 0.479. The topological polar surface area (TPSA) is 38.0 Å². The highest BCUT2D eigenvalue weighted by molar-refractivity contribution is 5.36. The summed E-state index contributed by atoms with van der Waals surface area (Å²) < 4.78 is 0. The summed E-state index contributed by atoms with van der Waals surface area (Å²) in [6.45, 7) is 7.63. The van der Waals surface area contributed by atoms with E-state index in [0.29, 0.717) is 12.1 Å². The molecule has 1 aromatic rings. The number of nitrogens with two attached hydrogens (primary N) is 1. The Morgan fingerprint density at radius 1 is 1.11 bits per heavy atom. The predicted octanol–water partition coefficient (Wildman–Crippen LogP) is 2.62. The first kappa shape index (κ1) is 13.6. The van der Waals surface area contributed by atoms with Gasteiger partial charge in [-0.05, 0) is 68.8 Å². The molecule has 2 heteroatoms. The van der Waals surface area contributed by atoms with Gasteiger partial charge in [-0.1, -0.05) is 18.6 Å². The van der Waals surface area contributed by atoms with Gasteiger partial charge in [-0.3, -0.25) is 0 Å². The van der Waals surface area contributed by atoms with Crippen LogP contribution < -0.4 is 11.1 Å². The molecule has 2 unspecified atom stereocenters. The second kappa shape index (κ2) is 5.85. The van der Waals surface area contributed by atoms with E-state index >= 15 is 0 Å². The van der Waals surface area contributed by atoms with Crippen LogP contribution in [0.1, 0.15) is 41.5 Å². The van der Waals surface area contributed by atoms with Gasteiger partial charge >= 0.3 is 0 Å². The summed E-state index contributed by atoms with van der Waals surface area (Å²) in [5.41, 5.74) is 11.7. The Morgan fingerprint density at radius 3 is 2.50 bits per heavy atom. The van der Waals surface area contributed by atoms with Gasteiger partial charge < -0.3 is 11.1 Å². The zero-order valence-corrected chi connectivity index (χ0v) is 11.9. The molecule has 1 saturated carbocycles. The Bertz CT molecular complexity index is 412. The van der Waals surface area contributed by atoms with E-state index in [-0.39, 0.29) is 0 Å². The van der Waals surface area contributed by atoms with Crippen LogP contribution in [0.25, 0.3) is 0 Å². The van der Waals surface area contributed by atoms with Gasteiger partial charge in [0.1, 0.15) is 0 Å². The summed E-state index contributed by atoms with van der Waals surface area (Å²) in [7, 11) is 0. The number of aryl methyl sites for hydroxylation is 3. The van der Waals surface area contributed by atoms with Crippen molar-refractivity contribution >= 4 is 0 Å². The van der Waals surface area contributed by atoms with Crippen molar-refractivity contribution in [2.24, 2.45) is 5.73 Å². The van der Waals surface area contributed by atoms with Crippen molar-refractivity contribution in [3.05, 3.63) is 34.4 Å². The van der Waals surface area contributed by atoms with Crippen LogP contribution >= 0.6 is 0 Å². The minimum atomic E-state index is 0.367. The molecule has 0 aromatic heterocycles. The third-order valence-electron chi connectivity index (χ3n) is 4.32. The molecule has 0 amide bonds. The monoisotopic (exact) mass is 246 g/mol. The lowest BCUT2D eigenvalue weighted by Crippen LogP contribution is -2.41. The number of hydrogen-bond donors (Lipinski definition) is 2. The third kappa shape index (κ3) is 3.12. The van der Waals surface area contributed by atoms with E-state index in [4.69, 9.17) is 5.73 Å². The van der Waals surface area contributed by atoms with Crippen molar-refractivity contribution in [1.29, 1.82) is 0 Å². The fourth-order valence-electron chi connectivity index (χ4n) is 2.92. The maximum absolute atomic E-state index is 6.07. The largest absolute Gasteiger partial charge is 0.326 e. The Labute approximate surface area is 111 Å². The van der Waals surface area contributed by atoms with Gasteiger partial charge in [-0.25, -0.2) is 0 Å². The van der Waals surface area contributed by atoms with Crippen LogP contribution in [-0.4, -0.2) is 18.6 Å². The molecule has 1 aliphatic carbocycles. The maximum Gasteiger partial charge on any atom is 0.0219 e. The average Bonchev–Trinajstić information content (AvgIpc) is 2.72. The highest BCUT2D eigenvalue weighted by Gasteiger charge is 2.22. The van der Waals surface area contributed by atoms with Crippen molar-refractivity contribution in [2.75, 3.05) is 6.54 Å². The van der Waals surface area contributed by atoms with Crippen molar-refractivity contribution in [3.63, 3.8) is 0 Å². The highest BCUT2D eigenvalue weighted by atomic mass is 15.0. The Kier molecular flexibility index (Phi) is 4.41. The van der Waals surface area contributed by atoms with E-state index in [0.717, 1.165) is 13.0 Å². The molecule has 0 aliphatic heterocycles. The minimum Gasteiger partial charge on any atom is -0.326 e. The molecular weight excluding hydrogens is 220 g/mol. The van der Waals surface area contributed by atoms with Gasteiger partial charge in [0.2, 0.25) is 0 Å². The van der Waals surface area contributed by atoms with E-state index in [1.54, 1.807) is 0 Å². The van der Waals surface area contributed by atoms with Gasteiger partial charge in [0.25, 0.3) is 0 Å². The van der Waals surface area contributed by atoms with Gasteiger partial charge in [-0.2, -0.15) is 0 Å². The zero-order chi connectivity index (χ0) is 13.1. The Morgan fingerprint density at radius 2 is 1.83 bits per heavy atom. The number of nitrogens with one attached hydrogen (secondary N) is 1. The van der Waals surface area contributed by atoms with E-state index in [1.165, 1.54) is 41.5 Å². The summed E-state index contributed by atoms with van der Waals surface area (Å²) in [5, 5.41) is 3.62. The molecule has 0 spiro atoms. The molecule has 0 bridgehead atoms. The molecule has 0 radical (unpaired) electrons. The van der Waals surface area contributed by atoms with Gasteiger partial charge in [0.05, 0.1) is 0 Å². The fraction of sp³-hybridized carbons (Fsp3) is 0.625. The smallest absolute Gasteiger partial charge is 0.0219 e. The average molecular weight is 246 g/mol. The van der Waals surface area contributed by atoms with Crippen LogP contribution in [0.3, 0.4) is 0 Å². The van der Waals surface area contributed by atoms with E-state index < -0.39 is 0 Å². The maximum atomic E-state index is 6.07. The molecule has 0 heterocycles. The molecule has 2 rings (SSSR count). The zero-order valence-electron chi connectivity index (χ0n) is 11.9. The van der Waals surface area contributed by atoms with Crippen LogP contribution in [0.5, 0.6) is 0 Å². The lowest BCUT2D eigenvalue weighted by atomic mass is 9.98. The quantitative estimate of drug-likeness (QED) is 0.857. The van der Waals surface area contributed by atoms with Crippen LogP contribution in [0.15, 0.2) is 12.1 Å². The van der Waals surface area contributed by atoms with E-state index in [9.17, 15) is 0 Å². The third-order valence-corrected chi connectivity index (χ3v) is 4.32. The minimum absolute atomic E-state index is 0.367.